The molecule has 0 radical (unpaired) electrons. The fraction of sp³-hybridized carbons (Fsp3) is 0.440. The molecule has 2 aromatic carbocycles. The van der Waals surface area contributed by atoms with E-state index >= 15 is 0 Å². The molecule has 7 nitrogen and oxygen atoms in total. The largest absolute Gasteiger partial charge is 0.354 e. The highest BCUT2D eigenvalue weighted by atomic mass is 32.2. The fourth-order valence-electron chi connectivity index (χ4n) is 3.53. The molecule has 0 aliphatic carbocycles. The summed E-state index contributed by atoms with van der Waals surface area (Å²) in [5.41, 5.74) is 1.45. The summed E-state index contributed by atoms with van der Waals surface area (Å²) in [6, 6.07) is 17.5. The van der Waals surface area contributed by atoms with Crippen LogP contribution in [0.25, 0.3) is 0 Å². The second-order valence-electron chi connectivity index (χ2n) is 8.49. The topological polar surface area (TPSA) is 86.8 Å². The first-order chi connectivity index (χ1) is 15.6. The average molecular weight is 474 g/mol. The summed E-state index contributed by atoms with van der Waals surface area (Å²) in [6.45, 7) is 6.31. The van der Waals surface area contributed by atoms with Gasteiger partial charge in [0.25, 0.3) is 0 Å². The zero-order chi connectivity index (χ0) is 24.4. The predicted molar refractivity (Wildman–Crippen MR) is 132 cm³/mol. The Morgan fingerprint density at radius 3 is 2.06 bits per heavy atom. The van der Waals surface area contributed by atoms with Crippen molar-refractivity contribution in [3.05, 3.63) is 66.2 Å². The number of para-hydroxylation sites is 1. The van der Waals surface area contributed by atoms with Gasteiger partial charge in [0.15, 0.2) is 0 Å². The Balaban J connectivity index is 2.31. The number of sulfonamides is 1. The van der Waals surface area contributed by atoms with Gasteiger partial charge >= 0.3 is 0 Å². The van der Waals surface area contributed by atoms with E-state index in [1.54, 1.807) is 30.3 Å². The summed E-state index contributed by atoms with van der Waals surface area (Å²) in [6.07, 6.45) is 2.06. The Morgan fingerprint density at radius 1 is 0.970 bits per heavy atom. The van der Waals surface area contributed by atoms with Crippen LogP contribution in [-0.2, 0) is 26.0 Å². The van der Waals surface area contributed by atoms with Crippen LogP contribution in [0.3, 0.4) is 0 Å². The molecule has 180 valence electrons. The molecule has 0 aliphatic rings. The standard InChI is InChI=1S/C25H35N3O4S/c1-5-23(25(30)26-18-20(2)3)27(17-16-21-12-8-6-9-13-21)24(29)19-28(33(4,31)32)22-14-10-7-11-15-22/h6-15,20,23H,5,16-19H2,1-4H3,(H,26,30). The number of nitrogens with one attached hydrogen (secondary N) is 1. The minimum Gasteiger partial charge on any atom is -0.354 e. The monoisotopic (exact) mass is 473 g/mol. The molecule has 0 saturated heterocycles. The van der Waals surface area contributed by atoms with E-state index in [0.29, 0.717) is 31.6 Å². The van der Waals surface area contributed by atoms with E-state index in [0.717, 1.165) is 16.1 Å². The maximum atomic E-state index is 13.5. The van der Waals surface area contributed by atoms with Crippen LogP contribution in [0.5, 0.6) is 0 Å². The number of amides is 2. The molecule has 1 atom stereocenters. The maximum Gasteiger partial charge on any atom is 0.244 e. The van der Waals surface area contributed by atoms with E-state index in [4.69, 9.17) is 0 Å². The molecule has 1 unspecified atom stereocenters. The molecular weight excluding hydrogens is 438 g/mol. The lowest BCUT2D eigenvalue weighted by atomic mass is 10.1. The van der Waals surface area contributed by atoms with Gasteiger partial charge in [0, 0.05) is 13.1 Å². The molecule has 8 heteroatoms. The number of carbonyl (C=O) groups is 2. The summed E-state index contributed by atoms with van der Waals surface area (Å²) in [4.78, 5) is 27.9. The first-order valence-corrected chi connectivity index (χ1v) is 13.1. The number of hydrogen-bond donors (Lipinski definition) is 1. The average Bonchev–Trinajstić information content (AvgIpc) is 2.79. The van der Waals surface area contributed by atoms with Crippen molar-refractivity contribution in [2.75, 3.05) is 30.2 Å². The Hall–Kier alpha value is -2.87. The number of rotatable bonds is 12. The van der Waals surface area contributed by atoms with Crippen LogP contribution >= 0.6 is 0 Å². The van der Waals surface area contributed by atoms with Crippen molar-refractivity contribution in [3.8, 4) is 0 Å². The van der Waals surface area contributed by atoms with E-state index in [2.05, 4.69) is 5.32 Å². The van der Waals surface area contributed by atoms with Crippen molar-refractivity contribution in [2.24, 2.45) is 5.92 Å². The SMILES string of the molecule is CCC(C(=O)NCC(C)C)N(CCc1ccccc1)C(=O)CN(c1ccccc1)S(C)(=O)=O. The lowest BCUT2D eigenvalue weighted by Gasteiger charge is -2.33. The van der Waals surface area contributed by atoms with Gasteiger partial charge in [0.05, 0.1) is 11.9 Å². The molecule has 0 fully saturated rings. The van der Waals surface area contributed by atoms with E-state index in [1.165, 1.54) is 4.90 Å². The Labute approximate surface area is 197 Å². The first kappa shape index (κ1) is 26.4. The van der Waals surface area contributed by atoms with Crippen molar-refractivity contribution in [3.63, 3.8) is 0 Å². The molecule has 33 heavy (non-hydrogen) atoms. The molecule has 2 amide bonds. The Bertz CT molecular complexity index is 995. The summed E-state index contributed by atoms with van der Waals surface area (Å²) in [5, 5.41) is 2.92. The molecular formula is C25H35N3O4S. The third-order valence-electron chi connectivity index (χ3n) is 5.28. The van der Waals surface area contributed by atoms with Crippen LogP contribution in [0.15, 0.2) is 60.7 Å². The van der Waals surface area contributed by atoms with Gasteiger partial charge in [0.2, 0.25) is 21.8 Å². The van der Waals surface area contributed by atoms with Gasteiger partial charge in [-0.15, -0.1) is 0 Å². The number of hydrogen-bond acceptors (Lipinski definition) is 4. The third-order valence-corrected chi connectivity index (χ3v) is 6.42. The number of nitrogens with zero attached hydrogens (tertiary/aromatic N) is 2. The van der Waals surface area contributed by atoms with Crippen molar-refractivity contribution >= 4 is 27.5 Å². The number of carbonyl (C=O) groups excluding carboxylic acids is 2. The second-order valence-corrected chi connectivity index (χ2v) is 10.4. The van der Waals surface area contributed by atoms with Gasteiger partial charge in [-0.1, -0.05) is 69.3 Å². The lowest BCUT2D eigenvalue weighted by molar-refractivity contribution is -0.139. The molecule has 0 aromatic heterocycles. The van der Waals surface area contributed by atoms with Gasteiger partial charge < -0.3 is 10.2 Å². The molecule has 2 aromatic rings. The van der Waals surface area contributed by atoms with E-state index in [-0.39, 0.29) is 18.4 Å². The fourth-order valence-corrected chi connectivity index (χ4v) is 4.38. The van der Waals surface area contributed by atoms with Gasteiger partial charge in [-0.2, -0.15) is 0 Å². The normalized spacial score (nSPS) is 12.3. The van der Waals surface area contributed by atoms with Crippen molar-refractivity contribution < 1.29 is 18.0 Å². The Morgan fingerprint density at radius 2 is 1.55 bits per heavy atom. The minimum atomic E-state index is -3.70. The van der Waals surface area contributed by atoms with Crippen molar-refractivity contribution in [1.29, 1.82) is 0 Å². The number of anilines is 1. The van der Waals surface area contributed by atoms with E-state index < -0.39 is 22.0 Å². The van der Waals surface area contributed by atoms with Gasteiger partial charge in [-0.05, 0) is 36.5 Å². The zero-order valence-corrected chi connectivity index (χ0v) is 20.7. The molecule has 0 saturated carbocycles. The molecule has 0 heterocycles. The van der Waals surface area contributed by atoms with Crippen LogP contribution in [0.2, 0.25) is 0 Å². The lowest BCUT2D eigenvalue weighted by Crippen LogP contribution is -2.53. The molecule has 0 aliphatic heterocycles. The highest BCUT2D eigenvalue weighted by Gasteiger charge is 2.31. The molecule has 1 N–H and O–H groups in total. The summed E-state index contributed by atoms with van der Waals surface area (Å²) >= 11 is 0. The molecule has 0 bridgehead atoms. The van der Waals surface area contributed by atoms with Crippen LogP contribution < -0.4 is 9.62 Å². The highest BCUT2D eigenvalue weighted by molar-refractivity contribution is 7.92. The zero-order valence-electron chi connectivity index (χ0n) is 19.9. The van der Waals surface area contributed by atoms with E-state index in [9.17, 15) is 18.0 Å². The van der Waals surface area contributed by atoms with Crippen LogP contribution in [0.4, 0.5) is 5.69 Å². The Kier molecular flexibility index (Phi) is 9.91. The first-order valence-electron chi connectivity index (χ1n) is 11.3. The third kappa shape index (κ3) is 8.20. The van der Waals surface area contributed by atoms with Gasteiger partial charge in [0.1, 0.15) is 12.6 Å². The summed E-state index contributed by atoms with van der Waals surface area (Å²) in [7, 11) is -3.70. The maximum absolute atomic E-state index is 13.5. The van der Waals surface area contributed by atoms with Crippen molar-refractivity contribution in [2.45, 2.75) is 39.7 Å². The highest BCUT2D eigenvalue weighted by Crippen LogP contribution is 2.18. The quantitative estimate of drug-likeness (QED) is 0.513. The summed E-state index contributed by atoms with van der Waals surface area (Å²) in [5.74, 6) is -0.358. The predicted octanol–water partition coefficient (Wildman–Crippen LogP) is 3.07. The van der Waals surface area contributed by atoms with Gasteiger partial charge in [-0.3, -0.25) is 13.9 Å². The number of benzene rings is 2. The van der Waals surface area contributed by atoms with Crippen molar-refractivity contribution in [1.82, 2.24) is 10.2 Å². The van der Waals surface area contributed by atoms with Gasteiger partial charge in [-0.25, -0.2) is 8.42 Å². The second kappa shape index (κ2) is 12.4. The summed E-state index contributed by atoms with van der Waals surface area (Å²) < 4.78 is 26.1. The molecule has 0 spiro atoms. The molecule has 2 rings (SSSR count). The van der Waals surface area contributed by atoms with E-state index in [1.807, 2.05) is 51.1 Å². The van der Waals surface area contributed by atoms with Crippen LogP contribution in [0.1, 0.15) is 32.8 Å². The smallest absolute Gasteiger partial charge is 0.244 e. The van der Waals surface area contributed by atoms with Crippen LogP contribution in [0, 0.1) is 5.92 Å². The van der Waals surface area contributed by atoms with Crippen LogP contribution in [-0.4, -0.2) is 57.1 Å². The minimum absolute atomic E-state index is 0.224.